The zero-order valence-electron chi connectivity index (χ0n) is 17.6. The van der Waals surface area contributed by atoms with Crippen LogP contribution >= 0.6 is 11.8 Å². The van der Waals surface area contributed by atoms with Crippen molar-refractivity contribution in [2.45, 2.75) is 56.6 Å². The molecule has 0 radical (unpaired) electrons. The van der Waals surface area contributed by atoms with Gasteiger partial charge < -0.3 is 9.88 Å². The molecule has 1 aromatic carbocycles. The van der Waals surface area contributed by atoms with Crippen molar-refractivity contribution in [2.75, 3.05) is 5.75 Å². The lowest BCUT2D eigenvalue weighted by atomic mass is 9.48. The molecule has 4 saturated carbocycles. The molecule has 0 unspecified atom stereocenters. The quantitative estimate of drug-likeness (QED) is 0.692. The van der Waals surface area contributed by atoms with E-state index in [1.54, 1.807) is 29.8 Å². The normalized spacial score (nSPS) is 30.4. The van der Waals surface area contributed by atoms with Gasteiger partial charge in [-0.2, -0.15) is 0 Å². The van der Waals surface area contributed by atoms with Crippen LogP contribution in [0.5, 0.6) is 0 Å². The van der Waals surface area contributed by atoms with Crippen molar-refractivity contribution in [1.29, 1.82) is 0 Å². The van der Waals surface area contributed by atoms with Crippen molar-refractivity contribution in [3.8, 4) is 11.4 Å². The van der Waals surface area contributed by atoms with Crippen molar-refractivity contribution in [2.24, 2.45) is 30.2 Å². The molecule has 30 heavy (non-hydrogen) atoms. The molecule has 2 aromatic rings. The summed E-state index contributed by atoms with van der Waals surface area (Å²) in [6.45, 7) is 2.20. The van der Waals surface area contributed by atoms with Gasteiger partial charge in [0, 0.05) is 13.1 Å². The largest absolute Gasteiger partial charge is 0.352 e. The van der Waals surface area contributed by atoms with Gasteiger partial charge in [-0.1, -0.05) is 23.9 Å². The molecule has 4 fully saturated rings. The third kappa shape index (κ3) is 3.55. The Morgan fingerprint density at radius 2 is 1.83 bits per heavy atom. The number of hydrogen-bond acceptors (Lipinski definition) is 4. The van der Waals surface area contributed by atoms with E-state index in [1.807, 2.05) is 0 Å². The summed E-state index contributed by atoms with van der Waals surface area (Å²) in [5.74, 6) is 3.10. The van der Waals surface area contributed by atoms with E-state index >= 15 is 0 Å². The molecule has 1 amide bonds. The van der Waals surface area contributed by atoms with E-state index in [-0.39, 0.29) is 17.8 Å². The molecule has 0 saturated heterocycles. The second kappa shape index (κ2) is 7.66. The number of nitrogens with zero attached hydrogens (tertiary/aromatic N) is 3. The van der Waals surface area contributed by atoms with Gasteiger partial charge in [0.25, 0.3) is 0 Å². The molecule has 4 aliphatic rings. The highest BCUT2D eigenvalue weighted by atomic mass is 32.2. The maximum atomic E-state index is 14.1. The Kier molecular flexibility index (Phi) is 5.12. The van der Waals surface area contributed by atoms with Crippen LogP contribution in [0.4, 0.5) is 4.39 Å². The van der Waals surface area contributed by atoms with Gasteiger partial charge >= 0.3 is 0 Å². The maximum Gasteiger partial charge on any atom is 0.230 e. The smallest absolute Gasteiger partial charge is 0.230 e. The minimum absolute atomic E-state index is 0.0405. The zero-order chi connectivity index (χ0) is 20.9. The van der Waals surface area contributed by atoms with Crippen molar-refractivity contribution in [3.05, 3.63) is 30.1 Å². The average Bonchev–Trinajstić information content (AvgIpc) is 3.06. The summed E-state index contributed by atoms with van der Waals surface area (Å²) in [5.41, 5.74) is 0.719. The Hall–Kier alpha value is -1.89. The van der Waals surface area contributed by atoms with E-state index in [0.29, 0.717) is 27.7 Å². The van der Waals surface area contributed by atoms with E-state index in [1.165, 1.54) is 56.4 Å². The van der Waals surface area contributed by atoms with Gasteiger partial charge in [0.2, 0.25) is 5.91 Å². The number of nitrogens with one attached hydrogen (secondary N) is 1. The minimum atomic E-state index is -0.327. The van der Waals surface area contributed by atoms with Crippen LogP contribution in [0.3, 0.4) is 0 Å². The fourth-order valence-electron chi connectivity index (χ4n) is 6.59. The Morgan fingerprint density at radius 3 is 2.47 bits per heavy atom. The molecule has 160 valence electrons. The first-order valence-corrected chi connectivity index (χ1v) is 12.0. The SMILES string of the molecule is C[C@@H](NC(=O)CSc1nnc(-c2ccccc2F)n1C)C12CC3CC(CC(C3)C1)C2. The van der Waals surface area contributed by atoms with E-state index in [0.717, 1.165) is 17.8 Å². The molecule has 6 rings (SSSR count). The standard InChI is InChI=1S/C23H29FN4OS/c1-14(23-10-15-7-16(11-23)9-17(8-15)12-23)25-20(29)13-30-22-27-26-21(28(22)2)18-5-3-4-6-19(18)24/h3-6,14-17H,7-13H2,1-2H3,(H,25,29)/t14-,15?,16?,17?,23?/m1/s1. The Labute approximate surface area is 181 Å². The first-order valence-electron chi connectivity index (χ1n) is 11.0. The van der Waals surface area contributed by atoms with E-state index in [9.17, 15) is 9.18 Å². The third-order valence-corrected chi connectivity index (χ3v) is 8.68. The van der Waals surface area contributed by atoms with Gasteiger partial charge in [0.05, 0.1) is 11.3 Å². The van der Waals surface area contributed by atoms with Gasteiger partial charge in [0.1, 0.15) is 5.82 Å². The topological polar surface area (TPSA) is 59.8 Å². The van der Waals surface area contributed by atoms with Gasteiger partial charge in [-0.3, -0.25) is 4.79 Å². The highest BCUT2D eigenvalue weighted by Gasteiger charge is 2.53. The minimum Gasteiger partial charge on any atom is -0.352 e. The monoisotopic (exact) mass is 428 g/mol. The molecule has 5 nitrogen and oxygen atoms in total. The number of thioether (sulfide) groups is 1. The molecular formula is C23H29FN4OS. The van der Waals surface area contributed by atoms with Crippen LogP contribution in [-0.2, 0) is 11.8 Å². The van der Waals surface area contributed by atoms with Crippen LogP contribution in [0.2, 0.25) is 0 Å². The second-order valence-corrected chi connectivity index (χ2v) is 10.6. The third-order valence-electron chi connectivity index (χ3n) is 7.66. The van der Waals surface area contributed by atoms with Gasteiger partial charge in [-0.25, -0.2) is 4.39 Å². The highest BCUT2D eigenvalue weighted by Crippen LogP contribution is 2.61. The molecule has 1 N–H and O–H groups in total. The van der Waals surface area contributed by atoms with Gasteiger partial charge in [-0.15, -0.1) is 10.2 Å². The van der Waals surface area contributed by atoms with E-state index in [2.05, 4.69) is 22.4 Å². The lowest BCUT2D eigenvalue weighted by molar-refractivity contribution is -0.123. The number of rotatable bonds is 6. The molecule has 4 bridgehead atoms. The fraction of sp³-hybridized carbons (Fsp3) is 0.609. The molecule has 7 heteroatoms. The highest BCUT2D eigenvalue weighted by molar-refractivity contribution is 7.99. The molecule has 1 heterocycles. The van der Waals surface area contributed by atoms with E-state index < -0.39 is 0 Å². The average molecular weight is 429 g/mol. The number of halogens is 1. The number of hydrogen-bond donors (Lipinski definition) is 1. The van der Waals surface area contributed by atoms with Crippen molar-refractivity contribution < 1.29 is 9.18 Å². The molecule has 4 aliphatic carbocycles. The van der Waals surface area contributed by atoms with Crippen LogP contribution in [0.25, 0.3) is 11.4 Å². The van der Waals surface area contributed by atoms with Crippen molar-refractivity contribution in [1.82, 2.24) is 20.1 Å². The van der Waals surface area contributed by atoms with Crippen molar-refractivity contribution in [3.63, 3.8) is 0 Å². The summed E-state index contributed by atoms with van der Waals surface area (Å²) in [5, 5.41) is 12.2. The molecule has 1 atom stereocenters. The number of benzene rings is 1. The summed E-state index contributed by atoms with van der Waals surface area (Å²) >= 11 is 1.35. The summed E-state index contributed by atoms with van der Waals surface area (Å²) < 4.78 is 15.8. The number of carbonyl (C=O) groups excluding carboxylic acids is 1. The second-order valence-electron chi connectivity index (χ2n) is 9.70. The van der Waals surface area contributed by atoms with Crippen LogP contribution in [0, 0.1) is 29.0 Å². The number of carbonyl (C=O) groups is 1. The summed E-state index contributed by atoms with van der Waals surface area (Å²) in [6, 6.07) is 6.75. The van der Waals surface area contributed by atoms with Gasteiger partial charge in [0.15, 0.2) is 11.0 Å². The molecule has 0 spiro atoms. The predicted molar refractivity (Wildman–Crippen MR) is 115 cm³/mol. The Morgan fingerprint density at radius 1 is 1.20 bits per heavy atom. The van der Waals surface area contributed by atoms with E-state index in [4.69, 9.17) is 0 Å². The number of aromatic nitrogens is 3. The lowest BCUT2D eigenvalue weighted by Crippen LogP contribution is -2.56. The van der Waals surface area contributed by atoms with Crippen LogP contribution in [0.1, 0.15) is 45.4 Å². The van der Waals surface area contributed by atoms with Crippen molar-refractivity contribution >= 4 is 17.7 Å². The zero-order valence-corrected chi connectivity index (χ0v) is 18.4. The maximum absolute atomic E-state index is 14.1. The predicted octanol–water partition coefficient (Wildman–Crippen LogP) is 4.43. The van der Waals surface area contributed by atoms with Crippen LogP contribution in [0.15, 0.2) is 29.4 Å². The Bertz CT molecular complexity index is 923. The van der Waals surface area contributed by atoms with Crippen LogP contribution in [-0.4, -0.2) is 32.5 Å². The van der Waals surface area contributed by atoms with Crippen LogP contribution < -0.4 is 5.32 Å². The summed E-state index contributed by atoms with van der Waals surface area (Å²) in [6.07, 6.45) is 8.07. The summed E-state index contributed by atoms with van der Waals surface area (Å²) in [4.78, 5) is 12.7. The molecular weight excluding hydrogens is 399 g/mol. The lowest BCUT2D eigenvalue weighted by Gasteiger charge is -2.59. The molecule has 1 aromatic heterocycles. The first-order chi connectivity index (χ1) is 14.4. The molecule has 0 aliphatic heterocycles. The Balaban J connectivity index is 1.21. The van der Waals surface area contributed by atoms with Gasteiger partial charge in [-0.05, 0) is 80.8 Å². The summed E-state index contributed by atoms with van der Waals surface area (Å²) in [7, 11) is 1.81. The fourth-order valence-corrected chi connectivity index (χ4v) is 7.31. The first kappa shape index (κ1) is 20.0. The number of amides is 1.